The van der Waals surface area contributed by atoms with Crippen LogP contribution in [0.4, 0.5) is 0 Å². The van der Waals surface area contributed by atoms with E-state index in [0.29, 0.717) is 25.2 Å². The number of nitrogens with one attached hydrogen (secondary N) is 1. The van der Waals surface area contributed by atoms with Gasteiger partial charge in [-0.25, -0.2) is 0 Å². The highest BCUT2D eigenvalue weighted by molar-refractivity contribution is 5.95. The molecule has 0 radical (unpaired) electrons. The molecule has 5 nitrogen and oxygen atoms in total. The van der Waals surface area contributed by atoms with Gasteiger partial charge in [0.15, 0.2) is 0 Å². The predicted molar refractivity (Wildman–Crippen MR) is 80.1 cm³/mol. The summed E-state index contributed by atoms with van der Waals surface area (Å²) >= 11 is 0. The van der Waals surface area contributed by atoms with Gasteiger partial charge in [0, 0.05) is 38.3 Å². The summed E-state index contributed by atoms with van der Waals surface area (Å²) in [4.78, 5) is 28.7. The Bertz CT molecular complexity index is 558. The first-order valence-corrected chi connectivity index (χ1v) is 7.53. The van der Waals surface area contributed by atoms with Gasteiger partial charge in [-0.3, -0.25) is 14.5 Å². The van der Waals surface area contributed by atoms with E-state index in [1.807, 2.05) is 36.1 Å². The molecule has 0 aliphatic carbocycles. The van der Waals surface area contributed by atoms with E-state index in [1.165, 1.54) is 0 Å². The number of rotatable bonds is 1. The Labute approximate surface area is 124 Å². The van der Waals surface area contributed by atoms with E-state index in [-0.39, 0.29) is 17.9 Å². The Kier molecular flexibility index (Phi) is 3.92. The van der Waals surface area contributed by atoms with Crippen LogP contribution in [0.25, 0.3) is 0 Å². The molecule has 2 heterocycles. The van der Waals surface area contributed by atoms with Gasteiger partial charge in [-0.1, -0.05) is 17.7 Å². The van der Waals surface area contributed by atoms with Crippen molar-refractivity contribution in [2.75, 3.05) is 32.7 Å². The molecule has 1 aromatic carbocycles. The molecule has 0 spiro atoms. The SMILES string of the molecule is Cc1cccc(C(=O)N2CCCN3CCNC(=O)C3C2)c1. The van der Waals surface area contributed by atoms with Crippen molar-refractivity contribution in [1.82, 2.24) is 15.1 Å². The first-order valence-electron chi connectivity index (χ1n) is 7.53. The van der Waals surface area contributed by atoms with Crippen LogP contribution in [-0.2, 0) is 4.79 Å². The Morgan fingerprint density at radius 1 is 1.29 bits per heavy atom. The van der Waals surface area contributed by atoms with Crippen LogP contribution >= 0.6 is 0 Å². The van der Waals surface area contributed by atoms with Crippen molar-refractivity contribution in [1.29, 1.82) is 0 Å². The van der Waals surface area contributed by atoms with Crippen molar-refractivity contribution in [2.45, 2.75) is 19.4 Å². The minimum Gasteiger partial charge on any atom is -0.353 e. The number of aryl methyl sites for hydroxylation is 1. The number of carbonyl (C=O) groups excluding carboxylic acids is 2. The Hall–Kier alpha value is -1.88. The van der Waals surface area contributed by atoms with Gasteiger partial charge < -0.3 is 10.2 Å². The fraction of sp³-hybridized carbons (Fsp3) is 0.500. The van der Waals surface area contributed by atoms with Gasteiger partial charge in [0.2, 0.25) is 5.91 Å². The maximum Gasteiger partial charge on any atom is 0.253 e. The number of fused-ring (bicyclic) bond motifs is 1. The van der Waals surface area contributed by atoms with Crippen molar-refractivity contribution in [3.8, 4) is 0 Å². The Morgan fingerprint density at radius 2 is 2.14 bits per heavy atom. The molecular formula is C16H21N3O2. The minimum absolute atomic E-state index is 0.0268. The Morgan fingerprint density at radius 3 is 2.95 bits per heavy atom. The van der Waals surface area contributed by atoms with Crippen LogP contribution in [0.5, 0.6) is 0 Å². The molecule has 3 rings (SSSR count). The molecule has 2 amide bonds. The molecule has 1 unspecified atom stereocenters. The molecule has 5 heteroatoms. The van der Waals surface area contributed by atoms with E-state index in [9.17, 15) is 9.59 Å². The average Bonchev–Trinajstić information content (AvgIpc) is 2.70. The van der Waals surface area contributed by atoms with Crippen LogP contribution in [0, 0.1) is 6.92 Å². The van der Waals surface area contributed by atoms with Gasteiger partial charge in [-0.15, -0.1) is 0 Å². The largest absolute Gasteiger partial charge is 0.353 e. The third kappa shape index (κ3) is 2.93. The van der Waals surface area contributed by atoms with Crippen molar-refractivity contribution in [3.05, 3.63) is 35.4 Å². The first-order chi connectivity index (χ1) is 10.1. The van der Waals surface area contributed by atoms with Crippen LogP contribution in [0.15, 0.2) is 24.3 Å². The van der Waals surface area contributed by atoms with Crippen LogP contribution in [-0.4, -0.2) is 60.4 Å². The number of piperazine rings is 1. The van der Waals surface area contributed by atoms with Crippen molar-refractivity contribution in [2.24, 2.45) is 0 Å². The summed E-state index contributed by atoms with van der Waals surface area (Å²) in [5, 5.41) is 2.90. The summed E-state index contributed by atoms with van der Waals surface area (Å²) in [5.74, 6) is 0.0733. The number of nitrogens with zero attached hydrogens (tertiary/aromatic N) is 2. The van der Waals surface area contributed by atoms with E-state index in [1.54, 1.807) is 0 Å². The molecule has 2 aliphatic heterocycles. The quantitative estimate of drug-likeness (QED) is 0.825. The molecule has 2 saturated heterocycles. The van der Waals surface area contributed by atoms with Crippen molar-refractivity contribution in [3.63, 3.8) is 0 Å². The van der Waals surface area contributed by atoms with Crippen LogP contribution in [0.2, 0.25) is 0 Å². The van der Waals surface area contributed by atoms with Gasteiger partial charge in [0.05, 0.1) is 0 Å². The number of benzene rings is 1. The molecule has 0 bridgehead atoms. The van der Waals surface area contributed by atoms with E-state index in [0.717, 1.165) is 25.1 Å². The average molecular weight is 287 g/mol. The highest BCUT2D eigenvalue weighted by Crippen LogP contribution is 2.16. The van der Waals surface area contributed by atoms with Gasteiger partial charge >= 0.3 is 0 Å². The standard InChI is InChI=1S/C16H21N3O2/c1-12-4-2-5-13(10-12)16(21)19-8-3-7-18-9-6-17-15(20)14(18)11-19/h2,4-5,10,14H,3,6-9,11H2,1H3,(H,17,20). The zero-order valence-electron chi connectivity index (χ0n) is 12.3. The summed E-state index contributed by atoms with van der Waals surface area (Å²) in [6, 6.07) is 7.44. The second-order valence-electron chi connectivity index (χ2n) is 5.82. The van der Waals surface area contributed by atoms with E-state index in [2.05, 4.69) is 10.2 Å². The lowest BCUT2D eigenvalue weighted by Crippen LogP contribution is -2.58. The highest BCUT2D eigenvalue weighted by Gasteiger charge is 2.34. The molecule has 1 N–H and O–H groups in total. The summed E-state index contributed by atoms with van der Waals surface area (Å²) in [6.45, 7) is 5.65. The molecule has 2 aliphatic rings. The highest BCUT2D eigenvalue weighted by atomic mass is 16.2. The second kappa shape index (κ2) is 5.85. The zero-order valence-corrected chi connectivity index (χ0v) is 12.3. The third-order valence-corrected chi connectivity index (χ3v) is 4.26. The summed E-state index contributed by atoms with van der Waals surface area (Å²) in [5.41, 5.74) is 1.78. The Balaban J connectivity index is 1.78. The van der Waals surface area contributed by atoms with Gasteiger partial charge in [-0.2, -0.15) is 0 Å². The molecule has 1 atom stereocenters. The summed E-state index contributed by atoms with van der Waals surface area (Å²) in [7, 11) is 0. The molecule has 0 saturated carbocycles. The molecule has 2 fully saturated rings. The van der Waals surface area contributed by atoms with E-state index >= 15 is 0 Å². The maximum absolute atomic E-state index is 12.7. The summed E-state index contributed by atoms with van der Waals surface area (Å²) < 4.78 is 0. The fourth-order valence-electron chi connectivity index (χ4n) is 3.14. The van der Waals surface area contributed by atoms with E-state index < -0.39 is 0 Å². The van der Waals surface area contributed by atoms with Gasteiger partial charge in [0.25, 0.3) is 5.91 Å². The second-order valence-corrected chi connectivity index (χ2v) is 5.82. The number of carbonyl (C=O) groups is 2. The molecule has 0 aromatic heterocycles. The maximum atomic E-state index is 12.7. The van der Waals surface area contributed by atoms with Crippen molar-refractivity contribution >= 4 is 11.8 Å². The third-order valence-electron chi connectivity index (χ3n) is 4.26. The fourth-order valence-corrected chi connectivity index (χ4v) is 3.14. The lowest BCUT2D eigenvalue weighted by molar-refractivity contribution is -0.128. The van der Waals surface area contributed by atoms with Crippen molar-refractivity contribution < 1.29 is 9.59 Å². The van der Waals surface area contributed by atoms with Crippen LogP contribution < -0.4 is 5.32 Å². The molecule has 112 valence electrons. The van der Waals surface area contributed by atoms with Crippen LogP contribution in [0.1, 0.15) is 22.3 Å². The topological polar surface area (TPSA) is 52.7 Å². The molecular weight excluding hydrogens is 266 g/mol. The minimum atomic E-state index is -0.199. The lowest BCUT2D eigenvalue weighted by Gasteiger charge is -2.34. The number of hydrogen-bond acceptors (Lipinski definition) is 3. The zero-order chi connectivity index (χ0) is 14.8. The lowest BCUT2D eigenvalue weighted by atomic mass is 10.1. The summed E-state index contributed by atoms with van der Waals surface area (Å²) in [6.07, 6.45) is 0.918. The van der Waals surface area contributed by atoms with E-state index in [4.69, 9.17) is 0 Å². The number of amides is 2. The number of hydrogen-bond donors (Lipinski definition) is 1. The first kappa shape index (κ1) is 14.1. The predicted octanol–water partition coefficient (Wildman–Crippen LogP) is 0.641. The van der Waals surface area contributed by atoms with Gasteiger partial charge in [-0.05, 0) is 25.5 Å². The monoisotopic (exact) mass is 287 g/mol. The smallest absolute Gasteiger partial charge is 0.253 e. The molecule has 21 heavy (non-hydrogen) atoms. The van der Waals surface area contributed by atoms with Gasteiger partial charge in [0.1, 0.15) is 6.04 Å². The normalized spacial score (nSPS) is 23.2. The van der Waals surface area contributed by atoms with Crippen LogP contribution in [0.3, 0.4) is 0 Å². The molecule has 1 aromatic rings.